The van der Waals surface area contributed by atoms with Gasteiger partial charge in [-0.05, 0) is 26.2 Å². The Hall–Kier alpha value is -1.66. The van der Waals surface area contributed by atoms with E-state index < -0.39 is 17.8 Å². The molecule has 0 aromatic heterocycles. The van der Waals surface area contributed by atoms with Gasteiger partial charge < -0.3 is 20.2 Å². The standard InChI is InChI=1S/C13H18FN3O2/c1-16(2)4-5-17(3)11-7-10-8(6-9(11)14)12(18)13(19)15-10/h6-7,12,18H,4-5H2,1-3H3,(H,15,19). The Balaban J connectivity index is 2.24. The second-order valence-corrected chi connectivity index (χ2v) is 5.01. The second-order valence-electron chi connectivity index (χ2n) is 5.01. The molecule has 6 heteroatoms. The number of aliphatic hydroxyl groups excluding tert-OH is 1. The molecule has 0 radical (unpaired) electrons. The summed E-state index contributed by atoms with van der Waals surface area (Å²) in [6.45, 7) is 1.46. The highest BCUT2D eigenvalue weighted by molar-refractivity contribution is 6.02. The normalized spacial score (nSPS) is 17.6. The van der Waals surface area contributed by atoms with Gasteiger partial charge in [0.05, 0.1) is 5.69 Å². The Morgan fingerprint density at radius 1 is 1.32 bits per heavy atom. The lowest BCUT2D eigenvalue weighted by Crippen LogP contribution is -2.29. The van der Waals surface area contributed by atoms with Gasteiger partial charge in [-0.2, -0.15) is 0 Å². The molecular formula is C13H18FN3O2. The number of amides is 1. The second kappa shape index (κ2) is 5.14. The number of nitrogens with one attached hydrogen (secondary N) is 1. The number of anilines is 2. The summed E-state index contributed by atoms with van der Waals surface area (Å²) in [5.74, 6) is -0.946. The molecule has 1 aromatic rings. The predicted octanol–water partition coefficient (Wildman–Crippen LogP) is 0.809. The molecule has 0 spiro atoms. The number of hydrogen-bond donors (Lipinski definition) is 2. The molecule has 1 heterocycles. The van der Waals surface area contributed by atoms with Crippen LogP contribution in [0.5, 0.6) is 0 Å². The van der Waals surface area contributed by atoms with Crippen molar-refractivity contribution in [1.82, 2.24) is 4.90 Å². The van der Waals surface area contributed by atoms with Gasteiger partial charge in [0.2, 0.25) is 0 Å². The lowest BCUT2D eigenvalue weighted by atomic mass is 10.1. The average Bonchev–Trinajstić information content (AvgIpc) is 2.61. The monoisotopic (exact) mass is 267 g/mol. The van der Waals surface area contributed by atoms with Crippen molar-refractivity contribution in [2.45, 2.75) is 6.10 Å². The number of likely N-dealkylation sites (N-methyl/N-ethyl adjacent to an activating group) is 2. The van der Waals surface area contributed by atoms with Crippen molar-refractivity contribution >= 4 is 17.3 Å². The molecule has 1 aliphatic rings. The van der Waals surface area contributed by atoms with E-state index in [4.69, 9.17) is 0 Å². The highest BCUT2D eigenvalue weighted by Crippen LogP contribution is 2.35. The first-order valence-corrected chi connectivity index (χ1v) is 6.08. The minimum absolute atomic E-state index is 0.298. The molecule has 0 bridgehead atoms. The zero-order valence-electron chi connectivity index (χ0n) is 11.3. The van der Waals surface area contributed by atoms with Crippen molar-refractivity contribution in [2.75, 3.05) is 44.4 Å². The fourth-order valence-corrected chi connectivity index (χ4v) is 2.02. The van der Waals surface area contributed by atoms with E-state index in [1.165, 1.54) is 6.07 Å². The first-order valence-electron chi connectivity index (χ1n) is 6.08. The molecule has 2 rings (SSSR count). The molecular weight excluding hydrogens is 249 g/mol. The quantitative estimate of drug-likeness (QED) is 0.847. The van der Waals surface area contributed by atoms with Crippen LogP contribution >= 0.6 is 0 Å². The third kappa shape index (κ3) is 2.69. The van der Waals surface area contributed by atoms with E-state index in [1.54, 1.807) is 18.0 Å². The van der Waals surface area contributed by atoms with Gasteiger partial charge in [0.25, 0.3) is 5.91 Å². The number of nitrogens with zero attached hydrogens (tertiary/aromatic N) is 2. The van der Waals surface area contributed by atoms with Gasteiger partial charge in [0.15, 0.2) is 6.10 Å². The minimum atomic E-state index is -1.27. The van der Waals surface area contributed by atoms with Crippen LogP contribution in [0.15, 0.2) is 12.1 Å². The number of carbonyl (C=O) groups excluding carboxylic acids is 1. The fraction of sp³-hybridized carbons (Fsp3) is 0.462. The number of carbonyl (C=O) groups is 1. The number of fused-ring (bicyclic) bond motifs is 1. The topological polar surface area (TPSA) is 55.8 Å². The molecule has 0 saturated heterocycles. The number of aliphatic hydroxyl groups is 1. The molecule has 0 fully saturated rings. The lowest BCUT2D eigenvalue weighted by Gasteiger charge is -2.22. The van der Waals surface area contributed by atoms with Crippen LogP contribution in [0.3, 0.4) is 0 Å². The van der Waals surface area contributed by atoms with Gasteiger partial charge in [-0.25, -0.2) is 4.39 Å². The van der Waals surface area contributed by atoms with E-state index in [0.29, 0.717) is 23.5 Å². The highest BCUT2D eigenvalue weighted by Gasteiger charge is 2.30. The molecule has 1 aromatic carbocycles. The Kier molecular flexibility index (Phi) is 3.73. The molecule has 1 atom stereocenters. The smallest absolute Gasteiger partial charge is 0.257 e. The number of hydrogen-bond acceptors (Lipinski definition) is 4. The van der Waals surface area contributed by atoms with E-state index >= 15 is 0 Å². The number of halogens is 1. The van der Waals surface area contributed by atoms with Crippen LogP contribution in [0.1, 0.15) is 11.7 Å². The maximum Gasteiger partial charge on any atom is 0.257 e. The van der Waals surface area contributed by atoms with E-state index in [9.17, 15) is 14.3 Å². The van der Waals surface area contributed by atoms with E-state index in [1.807, 2.05) is 19.0 Å². The van der Waals surface area contributed by atoms with Crippen LogP contribution in [0.2, 0.25) is 0 Å². The van der Waals surface area contributed by atoms with Gasteiger partial charge in [-0.15, -0.1) is 0 Å². The summed E-state index contributed by atoms with van der Waals surface area (Å²) < 4.78 is 14.0. The van der Waals surface area contributed by atoms with Crippen molar-refractivity contribution in [2.24, 2.45) is 0 Å². The van der Waals surface area contributed by atoms with E-state index in [2.05, 4.69) is 5.32 Å². The Labute approximate surface area is 111 Å². The summed E-state index contributed by atoms with van der Waals surface area (Å²) in [6.07, 6.45) is -1.27. The lowest BCUT2D eigenvalue weighted by molar-refractivity contribution is -0.123. The molecule has 1 amide bonds. The molecule has 19 heavy (non-hydrogen) atoms. The maximum absolute atomic E-state index is 14.0. The van der Waals surface area contributed by atoms with Crippen molar-refractivity contribution in [1.29, 1.82) is 0 Å². The average molecular weight is 267 g/mol. The first kappa shape index (κ1) is 13.8. The van der Waals surface area contributed by atoms with Gasteiger partial charge in [-0.1, -0.05) is 0 Å². The van der Waals surface area contributed by atoms with E-state index in [-0.39, 0.29) is 0 Å². The van der Waals surface area contributed by atoms with Crippen LogP contribution in [-0.2, 0) is 4.79 Å². The summed E-state index contributed by atoms with van der Waals surface area (Å²) >= 11 is 0. The van der Waals surface area contributed by atoms with Gasteiger partial charge in [0.1, 0.15) is 5.82 Å². The maximum atomic E-state index is 14.0. The van der Waals surface area contributed by atoms with Gasteiger partial charge in [-0.3, -0.25) is 4.79 Å². The minimum Gasteiger partial charge on any atom is -0.378 e. The van der Waals surface area contributed by atoms with Gasteiger partial charge in [0, 0.05) is 31.4 Å². The summed E-state index contributed by atoms with van der Waals surface area (Å²) in [5.41, 5.74) is 1.19. The van der Waals surface area contributed by atoms with Crippen LogP contribution in [0.25, 0.3) is 0 Å². The Bertz CT molecular complexity index is 505. The highest BCUT2D eigenvalue weighted by atomic mass is 19.1. The summed E-state index contributed by atoms with van der Waals surface area (Å²) in [4.78, 5) is 15.1. The zero-order valence-corrected chi connectivity index (χ0v) is 11.3. The van der Waals surface area contributed by atoms with Crippen molar-refractivity contribution in [3.05, 3.63) is 23.5 Å². The number of rotatable bonds is 4. The van der Waals surface area contributed by atoms with Crippen molar-refractivity contribution in [3.8, 4) is 0 Å². The van der Waals surface area contributed by atoms with Crippen LogP contribution < -0.4 is 10.2 Å². The molecule has 0 saturated carbocycles. The SMILES string of the molecule is CN(C)CCN(C)c1cc2c(cc1F)C(O)C(=O)N2. The predicted molar refractivity (Wildman–Crippen MR) is 71.8 cm³/mol. The summed E-state index contributed by atoms with van der Waals surface area (Å²) in [5, 5.41) is 12.1. The Morgan fingerprint density at radius 3 is 2.63 bits per heavy atom. The molecule has 0 aliphatic carbocycles. The molecule has 1 unspecified atom stereocenters. The fourth-order valence-electron chi connectivity index (χ4n) is 2.02. The summed E-state index contributed by atoms with van der Waals surface area (Å²) in [7, 11) is 5.69. The van der Waals surface area contributed by atoms with Crippen molar-refractivity contribution < 1.29 is 14.3 Å². The summed E-state index contributed by atoms with van der Waals surface area (Å²) in [6, 6.07) is 2.79. The van der Waals surface area contributed by atoms with Crippen LogP contribution in [0, 0.1) is 5.82 Å². The van der Waals surface area contributed by atoms with E-state index in [0.717, 1.165) is 6.54 Å². The molecule has 104 valence electrons. The van der Waals surface area contributed by atoms with Crippen LogP contribution in [-0.4, -0.2) is 50.1 Å². The first-order chi connectivity index (χ1) is 8.90. The number of benzene rings is 1. The molecule has 1 aliphatic heterocycles. The molecule has 2 N–H and O–H groups in total. The third-order valence-corrected chi connectivity index (χ3v) is 3.21. The van der Waals surface area contributed by atoms with Gasteiger partial charge >= 0.3 is 0 Å². The molecule has 5 nitrogen and oxygen atoms in total. The zero-order chi connectivity index (χ0) is 14.2. The van der Waals surface area contributed by atoms with Crippen LogP contribution in [0.4, 0.5) is 15.8 Å². The largest absolute Gasteiger partial charge is 0.378 e. The van der Waals surface area contributed by atoms with Crippen molar-refractivity contribution in [3.63, 3.8) is 0 Å². The third-order valence-electron chi connectivity index (χ3n) is 3.21. The Morgan fingerprint density at radius 2 is 2.00 bits per heavy atom.